The van der Waals surface area contributed by atoms with Crippen LogP contribution >= 0.6 is 11.6 Å². The van der Waals surface area contributed by atoms with Gasteiger partial charge in [0.05, 0.1) is 12.7 Å². The molecule has 0 aliphatic carbocycles. The van der Waals surface area contributed by atoms with E-state index in [2.05, 4.69) is 5.32 Å². The Balaban J connectivity index is 2.11. The van der Waals surface area contributed by atoms with Crippen LogP contribution in [0.2, 0.25) is 5.02 Å². The van der Waals surface area contributed by atoms with Crippen molar-refractivity contribution in [3.05, 3.63) is 28.8 Å². The number of carbonyl (C=O) groups excluding carboxylic acids is 2. The Morgan fingerprint density at radius 2 is 2.25 bits per heavy atom. The van der Waals surface area contributed by atoms with Gasteiger partial charge in [0.25, 0.3) is 5.91 Å². The molecule has 1 aliphatic rings. The Morgan fingerprint density at radius 3 is 2.92 bits per heavy atom. The summed E-state index contributed by atoms with van der Waals surface area (Å²) in [5, 5.41) is 3.32. The van der Waals surface area contributed by atoms with Gasteiger partial charge in [0.15, 0.2) is 0 Å². The maximum absolute atomic E-state index is 12.9. The van der Waals surface area contributed by atoms with Crippen molar-refractivity contribution < 1.29 is 14.3 Å². The Bertz CT molecular complexity index is 607. The summed E-state index contributed by atoms with van der Waals surface area (Å²) in [6, 6.07) is 4.46. The molecule has 1 aromatic carbocycles. The van der Waals surface area contributed by atoms with E-state index in [0.717, 1.165) is 6.42 Å². The minimum Gasteiger partial charge on any atom is -0.496 e. The SMILES string of the molecule is COc1ccc(Cl)cc1C(=O)N1CCCC1C(=O)NCCC(C)N. The average Bonchev–Trinajstić information content (AvgIpc) is 3.03. The van der Waals surface area contributed by atoms with Crippen LogP contribution in [-0.2, 0) is 4.79 Å². The van der Waals surface area contributed by atoms with Crippen LogP contribution in [-0.4, -0.2) is 49.0 Å². The fourth-order valence-corrected chi connectivity index (χ4v) is 3.00. The molecule has 0 aromatic heterocycles. The third-order valence-corrected chi connectivity index (χ3v) is 4.34. The van der Waals surface area contributed by atoms with Gasteiger partial charge in [0, 0.05) is 24.2 Å². The van der Waals surface area contributed by atoms with Crippen LogP contribution in [0.1, 0.15) is 36.5 Å². The lowest BCUT2D eigenvalue weighted by Gasteiger charge is -2.25. The molecule has 2 amide bonds. The van der Waals surface area contributed by atoms with Crippen molar-refractivity contribution in [2.75, 3.05) is 20.2 Å². The topological polar surface area (TPSA) is 84.7 Å². The molecule has 1 aliphatic heterocycles. The van der Waals surface area contributed by atoms with Crippen LogP contribution in [0.25, 0.3) is 0 Å². The number of nitrogens with zero attached hydrogens (tertiary/aromatic N) is 1. The van der Waals surface area contributed by atoms with Gasteiger partial charge in [-0.3, -0.25) is 9.59 Å². The van der Waals surface area contributed by atoms with Gasteiger partial charge in [-0.2, -0.15) is 0 Å². The quantitative estimate of drug-likeness (QED) is 0.816. The maximum atomic E-state index is 12.9. The first-order valence-electron chi connectivity index (χ1n) is 8.12. The van der Waals surface area contributed by atoms with Gasteiger partial charge >= 0.3 is 0 Å². The second-order valence-electron chi connectivity index (χ2n) is 6.06. The van der Waals surface area contributed by atoms with Gasteiger partial charge in [0.1, 0.15) is 11.8 Å². The molecule has 1 heterocycles. The lowest BCUT2D eigenvalue weighted by atomic mass is 10.1. The van der Waals surface area contributed by atoms with Gasteiger partial charge in [-0.15, -0.1) is 0 Å². The second kappa shape index (κ2) is 8.35. The molecule has 0 saturated carbocycles. The normalized spacial score (nSPS) is 18.3. The van der Waals surface area contributed by atoms with Crippen LogP contribution < -0.4 is 15.8 Å². The predicted octanol–water partition coefficient (Wildman–Crippen LogP) is 1.81. The monoisotopic (exact) mass is 353 g/mol. The third kappa shape index (κ3) is 4.39. The zero-order valence-electron chi connectivity index (χ0n) is 14.0. The summed E-state index contributed by atoms with van der Waals surface area (Å²) in [6.07, 6.45) is 2.15. The van der Waals surface area contributed by atoms with Gasteiger partial charge in [-0.25, -0.2) is 0 Å². The number of rotatable bonds is 6. The van der Waals surface area contributed by atoms with E-state index < -0.39 is 6.04 Å². The molecule has 0 spiro atoms. The molecule has 1 aromatic rings. The van der Waals surface area contributed by atoms with E-state index in [4.69, 9.17) is 22.1 Å². The first-order valence-corrected chi connectivity index (χ1v) is 8.49. The lowest BCUT2D eigenvalue weighted by Crippen LogP contribution is -2.46. The van der Waals surface area contributed by atoms with Crippen molar-refractivity contribution in [1.29, 1.82) is 0 Å². The van der Waals surface area contributed by atoms with Crippen LogP contribution in [0, 0.1) is 0 Å². The molecule has 2 rings (SSSR count). The van der Waals surface area contributed by atoms with Crippen molar-refractivity contribution in [2.24, 2.45) is 5.73 Å². The van der Waals surface area contributed by atoms with E-state index in [1.165, 1.54) is 7.11 Å². The standard InChI is InChI=1S/C17H24ClN3O3/c1-11(19)7-8-20-16(22)14-4-3-9-21(14)17(23)13-10-12(18)5-6-15(13)24-2/h5-6,10-11,14H,3-4,7-9,19H2,1-2H3,(H,20,22). The molecule has 1 fully saturated rings. The third-order valence-electron chi connectivity index (χ3n) is 4.11. The van der Waals surface area contributed by atoms with E-state index in [1.807, 2.05) is 6.92 Å². The number of nitrogens with one attached hydrogen (secondary N) is 1. The summed E-state index contributed by atoms with van der Waals surface area (Å²) < 4.78 is 5.25. The number of hydrogen-bond donors (Lipinski definition) is 2. The van der Waals surface area contributed by atoms with E-state index in [1.54, 1.807) is 23.1 Å². The molecule has 24 heavy (non-hydrogen) atoms. The number of halogens is 1. The number of methoxy groups -OCH3 is 1. The predicted molar refractivity (Wildman–Crippen MR) is 93.3 cm³/mol. The molecule has 3 N–H and O–H groups in total. The molecule has 132 valence electrons. The highest BCUT2D eigenvalue weighted by molar-refractivity contribution is 6.31. The Hall–Kier alpha value is -1.79. The average molecular weight is 354 g/mol. The highest BCUT2D eigenvalue weighted by Crippen LogP contribution is 2.27. The zero-order valence-corrected chi connectivity index (χ0v) is 14.8. The van der Waals surface area contributed by atoms with Crippen LogP contribution in [0.15, 0.2) is 18.2 Å². The van der Waals surface area contributed by atoms with Crippen molar-refractivity contribution in [3.63, 3.8) is 0 Å². The first-order chi connectivity index (χ1) is 11.4. The summed E-state index contributed by atoms with van der Waals surface area (Å²) >= 11 is 6.00. The molecule has 2 atom stereocenters. The van der Waals surface area contributed by atoms with Crippen molar-refractivity contribution in [3.8, 4) is 5.75 Å². The second-order valence-corrected chi connectivity index (χ2v) is 6.49. The highest BCUT2D eigenvalue weighted by Gasteiger charge is 2.35. The number of benzene rings is 1. The van der Waals surface area contributed by atoms with Gasteiger partial charge < -0.3 is 20.7 Å². The summed E-state index contributed by atoms with van der Waals surface area (Å²) in [5.41, 5.74) is 6.06. The van der Waals surface area contributed by atoms with Crippen molar-refractivity contribution in [2.45, 2.75) is 38.3 Å². The van der Waals surface area contributed by atoms with Crippen LogP contribution in [0.4, 0.5) is 0 Å². The molecule has 7 heteroatoms. The number of carbonyl (C=O) groups is 2. The minimum atomic E-state index is -0.464. The largest absolute Gasteiger partial charge is 0.496 e. The smallest absolute Gasteiger partial charge is 0.258 e. The molecule has 0 radical (unpaired) electrons. The molecule has 2 unspecified atom stereocenters. The molecule has 6 nitrogen and oxygen atoms in total. The Kier molecular flexibility index (Phi) is 6.45. The van der Waals surface area contributed by atoms with Gasteiger partial charge in [-0.1, -0.05) is 11.6 Å². The molecule has 1 saturated heterocycles. The molecular weight excluding hydrogens is 330 g/mol. The van der Waals surface area contributed by atoms with E-state index >= 15 is 0 Å². The zero-order chi connectivity index (χ0) is 17.7. The molecule has 0 bridgehead atoms. The van der Waals surface area contributed by atoms with Crippen LogP contribution in [0.3, 0.4) is 0 Å². The summed E-state index contributed by atoms with van der Waals surface area (Å²) in [7, 11) is 1.50. The van der Waals surface area contributed by atoms with E-state index in [-0.39, 0.29) is 17.9 Å². The fraction of sp³-hybridized carbons (Fsp3) is 0.529. The summed E-state index contributed by atoms with van der Waals surface area (Å²) in [4.78, 5) is 26.8. The lowest BCUT2D eigenvalue weighted by molar-refractivity contribution is -0.124. The van der Waals surface area contributed by atoms with Crippen molar-refractivity contribution >= 4 is 23.4 Å². The number of hydrogen-bond acceptors (Lipinski definition) is 4. The van der Waals surface area contributed by atoms with Crippen molar-refractivity contribution in [1.82, 2.24) is 10.2 Å². The number of amides is 2. The van der Waals surface area contributed by atoms with Gasteiger partial charge in [0.2, 0.25) is 5.91 Å². The van der Waals surface area contributed by atoms with Gasteiger partial charge in [-0.05, 0) is 44.4 Å². The number of nitrogens with two attached hydrogens (primary N) is 1. The van der Waals surface area contributed by atoms with E-state index in [9.17, 15) is 9.59 Å². The Labute approximate surface area is 147 Å². The number of ether oxygens (including phenoxy) is 1. The Morgan fingerprint density at radius 1 is 1.50 bits per heavy atom. The minimum absolute atomic E-state index is 0.0299. The first kappa shape index (κ1) is 18.5. The van der Waals surface area contributed by atoms with Crippen LogP contribution in [0.5, 0.6) is 5.75 Å². The number of likely N-dealkylation sites (tertiary alicyclic amines) is 1. The van der Waals surface area contributed by atoms with E-state index in [0.29, 0.717) is 42.3 Å². The highest BCUT2D eigenvalue weighted by atomic mass is 35.5. The molecular formula is C17H24ClN3O3. The summed E-state index contributed by atoms with van der Waals surface area (Å²) in [5.74, 6) is 0.0779. The fourth-order valence-electron chi connectivity index (χ4n) is 2.83. The maximum Gasteiger partial charge on any atom is 0.258 e. The summed E-state index contributed by atoms with van der Waals surface area (Å²) in [6.45, 7) is 2.94.